The fourth-order valence-corrected chi connectivity index (χ4v) is 2.01. The van der Waals surface area contributed by atoms with Gasteiger partial charge in [-0.05, 0) is 24.1 Å². The van der Waals surface area contributed by atoms with Crippen LogP contribution in [0.4, 0.5) is 5.69 Å². The number of benzene rings is 2. The van der Waals surface area contributed by atoms with E-state index in [1.807, 2.05) is 42.5 Å². The third-order valence-electron chi connectivity index (χ3n) is 3.05. The van der Waals surface area contributed by atoms with Crippen molar-refractivity contribution >= 4 is 17.5 Å². The number of nitrogens with one attached hydrogen (secondary N) is 1. The zero-order valence-electron chi connectivity index (χ0n) is 12.5. The fraction of sp³-hybridized carbons (Fsp3) is 0.176. The maximum Gasteiger partial charge on any atom is 0.332 e. The number of nitrogens with zero attached hydrogens (tertiary/aromatic N) is 1. The lowest BCUT2D eigenvalue weighted by molar-refractivity contribution is -0.140. The Kier molecular flexibility index (Phi) is 5.54. The Bertz CT molecular complexity index is 654. The molecule has 0 fully saturated rings. The molecule has 0 atom stereocenters. The molecule has 2 aromatic carbocycles. The molecule has 0 aliphatic carbocycles. The van der Waals surface area contributed by atoms with Crippen molar-refractivity contribution in [2.24, 2.45) is 10.9 Å². The van der Waals surface area contributed by atoms with E-state index in [9.17, 15) is 4.79 Å². The van der Waals surface area contributed by atoms with Gasteiger partial charge in [0.05, 0.1) is 0 Å². The maximum atomic E-state index is 10.8. The van der Waals surface area contributed by atoms with Gasteiger partial charge in [-0.25, -0.2) is 4.79 Å². The van der Waals surface area contributed by atoms with Crippen LogP contribution in [0.5, 0.6) is 0 Å². The van der Waals surface area contributed by atoms with Gasteiger partial charge in [0.25, 0.3) is 0 Å². The van der Waals surface area contributed by atoms with Crippen LogP contribution >= 0.6 is 0 Å². The van der Waals surface area contributed by atoms with Gasteiger partial charge >= 0.3 is 5.97 Å². The SMILES string of the molecule is CC(=O)ON=C(N)c1ccccc1NCCc1ccccc1. The highest BCUT2D eigenvalue weighted by molar-refractivity contribution is 6.02. The Labute approximate surface area is 129 Å². The lowest BCUT2D eigenvalue weighted by atomic mass is 10.1. The summed E-state index contributed by atoms with van der Waals surface area (Å²) < 4.78 is 0. The number of hydrogen-bond donors (Lipinski definition) is 2. The highest BCUT2D eigenvalue weighted by Gasteiger charge is 2.06. The van der Waals surface area contributed by atoms with Crippen LogP contribution < -0.4 is 11.1 Å². The average Bonchev–Trinajstić information content (AvgIpc) is 2.54. The number of hydrogen-bond acceptors (Lipinski definition) is 4. The molecule has 2 aromatic rings. The van der Waals surface area contributed by atoms with Crippen LogP contribution in [0.2, 0.25) is 0 Å². The second kappa shape index (κ2) is 7.83. The standard InChI is InChI=1S/C17H19N3O2/c1-13(21)22-20-17(18)15-9-5-6-10-16(15)19-12-11-14-7-3-2-4-8-14/h2-10,19H,11-12H2,1H3,(H2,18,20). The highest BCUT2D eigenvalue weighted by Crippen LogP contribution is 2.15. The summed E-state index contributed by atoms with van der Waals surface area (Å²) in [5, 5.41) is 6.95. The summed E-state index contributed by atoms with van der Waals surface area (Å²) in [6.07, 6.45) is 0.899. The van der Waals surface area contributed by atoms with E-state index in [1.54, 1.807) is 0 Å². The summed E-state index contributed by atoms with van der Waals surface area (Å²) >= 11 is 0. The summed E-state index contributed by atoms with van der Waals surface area (Å²) in [6, 6.07) is 17.7. The van der Waals surface area contributed by atoms with E-state index in [4.69, 9.17) is 5.73 Å². The molecule has 0 saturated carbocycles. The normalized spacial score (nSPS) is 11.0. The van der Waals surface area contributed by atoms with Gasteiger partial charge in [0.2, 0.25) is 0 Å². The van der Waals surface area contributed by atoms with E-state index in [0.29, 0.717) is 5.56 Å². The molecule has 0 aromatic heterocycles. The van der Waals surface area contributed by atoms with Gasteiger partial charge < -0.3 is 15.9 Å². The van der Waals surface area contributed by atoms with Crippen molar-refractivity contribution in [3.63, 3.8) is 0 Å². The molecular formula is C17H19N3O2. The van der Waals surface area contributed by atoms with Crippen molar-refractivity contribution in [3.8, 4) is 0 Å². The monoisotopic (exact) mass is 297 g/mol. The minimum Gasteiger partial charge on any atom is -0.384 e. The van der Waals surface area contributed by atoms with Crippen molar-refractivity contribution < 1.29 is 9.63 Å². The highest BCUT2D eigenvalue weighted by atomic mass is 16.7. The molecular weight excluding hydrogens is 278 g/mol. The molecule has 0 amide bonds. The smallest absolute Gasteiger partial charge is 0.332 e. The second-order valence-electron chi connectivity index (χ2n) is 4.77. The van der Waals surface area contributed by atoms with Crippen molar-refractivity contribution in [2.75, 3.05) is 11.9 Å². The lowest BCUT2D eigenvalue weighted by Gasteiger charge is -2.11. The number of carbonyl (C=O) groups excluding carboxylic acids is 1. The largest absolute Gasteiger partial charge is 0.384 e. The number of amidine groups is 1. The predicted molar refractivity (Wildman–Crippen MR) is 87.6 cm³/mol. The number of nitrogens with two attached hydrogens (primary N) is 1. The molecule has 2 rings (SSSR count). The molecule has 0 spiro atoms. The molecule has 114 valence electrons. The minimum absolute atomic E-state index is 0.165. The zero-order chi connectivity index (χ0) is 15.8. The van der Waals surface area contributed by atoms with Crippen LogP contribution in [0.3, 0.4) is 0 Å². The van der Waals surface area contributed by atoms with Gasteiger partial charge in [-0.1, -0.05) is 47.6 Å². The minimum atomic E-state index is -0.502. The van der Waals surface area contributed by atoms with E-state index in [-0.39, 0.29) is 5.84 Å². The summed E-state index contributed by atoms with van der Waals surface area (Å²) in [5.74, 6) is -0.338. The van der Waals surface area contributed by atoms with Crippen molar-refractivity contribution in [2.45, 2.75) is 13.3 Å². The van der Waals surface area contributed by atoms with E-state index in [0.717, 1.165) is 18.7 Å². The second-order valence-corrected chi connectivity index (χ2v) is 4.77. The number of para-hydroxylation sites is 1. The zero-order valence-corrected chi connectivity index (χ0v) is 12.5. The van der Waals surface area contributed by atoms with Crippen LogP contribution in [-0.4, -0.2) is 18.3 Å². The first kappa shape index (κ1) is 15.6. The van der Waals surface area contributed by atoms with Gasteiger partial charge in [-0.2, -0.15) is 0 Å². The van der Waals surface area contributed by atoms with Crippen molar-refractivity contribution in [1.82, 2.24) is 0 Å². The van der Waals surface area contributed by atoms with Gasteiger partial charge in [0, 0.05) is 24.7 Å². The number of oxime groups is 1. The first-order valence-electron chi connectivity index (χ1n) is 7.05. The first-order chi connectivity index (χ1) is 10.7. The molecule has 0 aliphatic rings. The van der Waals surface area contributed by atoms with E-state index < -0.39 is 5.97 Å². The molecule has 22 heavy (non-hydrogen) atoms. The van der Waals surface area contributed by atoms with Crippen LogP contribution in [0.15, 0.2) is 59.8 Å². The molecule has 0 radical (unpaired) electrons. The summed E-state index contributed by atoms with van der Waals surface area (Å²) in [4.78, 5) is 15.4. The van der Waals surface area contributed by atoms with E-state index in [1.165, 1.54) is 12.5 Å². The van der Waals surface area contributed by atoms with Gasteiger partial charge in [0.15, 0.2) is 5.84 Å². The van der Waals surface area contributed by atoms with Crippen LogP contribution in [0, 0.1) is 0 Å². The first-order valence-corrected chi connectivity index (χ1v) is 7.05. The molecule has 0 saturated heterocycles. The Morgan fingerprint density at radius 1 is 1.14 bits per heavy atom. The Hall–Kier alpha value is -2.82. The fourth-order valence-electron chi connectivity index (χ4n) is 2.01. The molecule has 0 unspecified atom stereocenters. The number of carbonyl (C=O) groups is 1. The van der Waals surface area contributed by atoms with Crippen molar-refractivity contribution in [1.29, 1.82) is 0 Å². The van der Waals surface area contributed by atoms with E-state index >= 15 is 0 Å². The molecule has 5 heteroatoms. The Balaban J connectivity index is 2.02. The number of anilines is 1. The van der Waals surface area contributed by atoms with E-state index in [2.05, 4.69) is 27.4 Å². The molecule has 5 nitrogen and oxygen atoms in total. The molecule has 0 aliphatic heterocycles. The Morgan fingerprint density at radius 2 is 1.82 bits per heavy atom. The topological polar surface area (TPSA) is 76.7 Å². The van der Waals surface area contributed by atoms with Crippen LogP contribution in [0.25, 0.3) is 0 Å². The van der Waals surface area contributed by atoms with Crippen molar-refractivity contribution in [3.05, 3.63) is 65.7 Å². The predicted octanol–water partition coefficient (Wildman–Crippen LogP) is 2.52. The van der Waals surface area contributed by atoms with Crippen LogP contribution in [0.1, 0.15) is 18.1 Å². The van der Waals surface area contributed by atoms with Gasteiger partial charge in [-0.3, -0.25) is 0 Å². The molecule has 0 heterocycles. The quantitative estimate of drug-likeness (QED) is 0.372. The maximum absolute atomic E-state index is 10.8. The van der Waals surface area contributed by atoms with Gasteiger partial charge in [-0.15, -0.1) is 0 Å². The van der Waals surface area contributed by atoms with Gasteiger partial charge in [0.1, 0.15) is 0 Å². The third kappa shape index (κ3) is 4.63. The summed E-state index contributed by atoms with van der Waals surface area (Å²) in [7, 11) is 0. The molecule has 0 bridgehead atoms. The average molecular weight is 297 g/mol. The Morgan fingerprint density at radius 3 is 2.55 bits per heavy atom. The molecule has 3 N–H and O–H groups in total. The third-order valence-corrected chi connectivity index (χ3v) is 3.05. The number of rotatable bonds is 6. The summed E-state index contributed by atoms with van der Waals surface area (Å²) in [6.45, 7) is 2.04. The van der Waals surface area contributed by atoms with Crippen LogP contribution in [-0.2, 0) is 16.1 Å². The lowest BCUT2D eigenvalue weighted by Crippen LogP contribution is -2.18. The summed E-state index contributed by atoms with van der Waals surface area (Å²) in [5.41, 5.74) is 8.68.